The monoisotopic (exact) mass is 241 g/mol. The van der Waals surface area contributed by atoms with E-state index in [0.29, 0.717) is 11.7 Å². The summed E-state index contributed by atoms with van der Waals surface area (Å²) >= 11 is 7.77. The molecular weight excluding hydrogens is 230 g/mol. The summed E-state index contributed by atoms with van der Waals surface area (Å²) in [6.45, 7) is 0.588. The fraction of sp³-hybridized carbons (Fsp3) is 0.300. The number of thiophene rings is 1. The minimum absolute atomic E-state index is 0.559. The first-order chi connectivity index (χ1) is 7.24. The molecule has 0 aliphatic carbocycles. The minimum atomic E-state index is 0.559. The lowest BCUT2D eigenvalue weighted by atomic mass is 10.3. The predicted molar refractivity (Wildman–Crippen MR) is 64.3 cm³/mol. The fourth-order valence-electron chi connectivity index (χ4n) is 1.54. The highest BCUT2D eigenvalue weighted by atomic mass is 35.5. The lowest BCUT2D eigenvalue weighted by Gasteiger charge is -2.02. The average Bonchev–Trinajstić information content (AvgIpc) is 2.77. The molecule has 0 spiro atoms. The van der Waals surface area contributed by atoms with Crippen LogP contribution in [0.1, 0.15) is 5.82 Å². The molecule has 0 fully saturated rings. The van der Waals surface area contributed by atoms with Crippen molar-refractivity contribution in [2.75, 3.05) is 6.54 Å². The SMILES string of the molecule is Cn1c(CCN)nc(Cl)c1-c1cccs1. The van der Waals surface area contributed by atoms with Crippen LogP contribution >= 0.6 is 22.9 Å². The van der Waals surface area contributed by atoms with Gasteiger partial charge in [0.05, 0.1) is 10.6 Å². The fourth-order valence-corrected chi connectivity index (χ4v) is 2.73. The van der Waals surface area contributed by atoms with Gasteiger partial charge in [-0.05, 0) is 18.0 Å². The van der Waals surface area contributed by atoms with Gasteiger partial charge in [-0.3, -0.25) is 0 Å². The van der Waals surface area contributed by atoms with Gasteiger partial charge in [-0.1, -0.05) is 17.7 Å². The summed E-state index contributed by atoms with van der Waals surface area (Å²) in [6, 6.07) is 4.05. The maximum absolute atomic E-state index is 6.11. The van der Waals surface area contributed by atoms with Gasteiger partial charge in [-0.2, -0.15) is 0 Å². The molecule has 0 aliphatic heterocycles. The van der Waals surface area contributed by atoms with Crippen molar-refractivity contribution >= 4 is 22.9 Å². The first kappa shape index (κ1) is 10.7. The number of hydrogen-bond acceptors (Lipinski definition) is 3. The summed E-state index contributed by atoms with van der Waals surface area (Å²) < 4.78 is 2.01. The number of aromatic nitrogens is 2. The predicted octanol–water partition coefficient (Wildman–Crippen LogP) is 2.30. The molecule has 0 radical (unpaired) electrons. The van der Waals surface area contributed by atoms with Crippen LogP contribution in [0.4, 0.5) is 0 Å². The average molecular weight is 242 g/mol. The van der Waals surface area contributed by atoms with Crippen LogP contribution in [0.3, 0.4) is 0 Å². The number of nitrogens with two attached hydrogens (primary N) is 1. The number of hydrogen-bond donors (Lipinski definition) is 1. The number of rotatable bonds is 3. The highest BCUT2D eigenvalue weighted by Crippen LogP contribution is 2.31. The Labute approximate surface area is 97.5 Å². The molecular formula is C10H12ClN3S. The Morgan fingerprint density at radius 3 is 3.00 bits per heavy atom. The van der Waals surface area contributed by atoms with Crippen LogP contribution in [0.25, 0.3) is 10.6 Å². The first-order valence-electron chi connectivity index (χ1n) is 4.69. The van der Waals surface area contributed by atoms with Crippen LogP contribution in [0, 0.1) is 0 Å². The van der Waals surface area contributed by atoms with E-state index in [1.165, 1.54) is 0 Å². The van der Waals surface area contributed by atoms with Crippen LogP contribution in [-0.2, 0) is 13.5 Å². The Morgan fingerprint density at radius 2 is 2.40 bits per heavy atom. The maximum atomic E-state index is 6.11. The maximum Gasteiger partial charge on any atom is 0.156 e. The van der Waals surface area contributed by atoms with E-state index in [2.05, 4.69) is 4.98 Å². The molecule has 80 valence electrons. The van der Waals surface area contributed by atoms with Gasteiger partial charge in [-0.15, -0.1) is 11.3 Å². The second-order valence-corrected chi connectivity index (χ2v) is 4.55. The molecule has 0 aromatic carbocycles. The smallest absolute Gasteiger partial charge is 0.156 e. The summed E-state index contributed by atoms with van der Waals surface area (Å²) in [4.78, 5) is 5.45. The Hall–Kier alpha value is -0.840. The van der Waals surface area contributed by atoms with Crippen LogP contribution in [0.2, 0.25) is 5.15 Å². The van der Waals surface area contributed by atoms with Gasteiger partial charge in [-0.25, -0.2) is 4.98 Å². The number of halogens is 1. The van der Waals surface area contributed by atoms with Crippen molar-refractivity contribution in [1.29, 1.82) is 0 Å². The van der Waals surface area contributed by atoms with E-state index in [0.717, 1.165) is 22.8 Å². The molecule has 0 saturated carbocycles. The largest absolute Gasteiger partial charge is 0.330 e. The summed E-state index contributed by atoms with van der Waals surface area (Å²) in [5.74, 6) is 0.936. The third-order valence-corrected chi connectivity index (χ3v) is 3.41. The first-order valence-corrected chi connectivity index (χ1v) is 5.95. The number of imidazole rings is 1. The lowest BCUT2D eigenvalue weighted by molar-refractivity contribution is 0.783. The van der Waals surface area contributed by atoms with Crippen molar-refractivity contribution in [3.63, 3.8) is 0 Å². The van der Waals surface area contributed by atoms with Crippen molar-refractivity contribution in [3.8, 4) is 10.6 Å². The molecule has 0 saturated heterocycles. The van der Waals surface area contributed by atoms with Crippen molar-refractivity contribution in [2.24, 2.45) is 12.8 Å². The molecule has 0 bridgehead atoms. The van der Waals surface area contributed by atoms with E-state index in [9.17, 15) is 0 Å². The topological polar surface area (TPSA) is 43.8 Å². The zero-order valence-corrected chi connectivity index (χ0v) is 9.98. The van der Waals surface area contributed by atoms with E-state index >= 15 is 0 Å². The second kappa shape index (κ2) is 4.35. The molecule has 0 aliphatic rings. The zero-order chi connectivity index (χ0) is 10.8. The summed E-state index contributed by atoms with van der Waals surface area (Å²) in [6.07, 6.45) is 0.752. The molecule has 2 rings (SSSR count). The minimum Gasteiger partial charge on any atom is -0.330 e. The van der Waals surface area contributed by atoms with Crippen LogP contribution in [0.5, 0.6) is 0 Å². The van der Waals surface area contributed by atoms with Crippen LogP contribution < -0.4 is 5.73 Å². The van der Waals surface area contributed by atoms with Crippen molar-refractivity contribution in [3.05, 3.63) is 28.5 Å². The van der Waals surface area contributed by atoms with E-state index < -0.39 is 0 Å². The molecule has 15 heavy (non-hydrogen) atoms. The van der Waals surface area contributed by atoms with Gasteiger partial charge >= 0.3 is 0 Å². The quantitative estimate of drug-likeness (QED) is 0.896. The normalized spacial score (nSPS) is 10.9. The summed E-state index contributed by atoms with van der Waals surface area (Å²) in [5.41, 5.74) is 6.50. The standard InChI is InChI=1S/C10H12ClN3S/c1-14-8(4-5-12)13-10(11)9(14)7-3-2-6-15-7/h2-3,6H,4-5,12H2,1H3. The lowest BCUT2D eigenvalue weighted by Crippen LogP contribution is -2.08. The molecule has 0 amide bonds. The van der Waals surface area contributed by atoms with Crippen LogP contribution in [0.15, 0.2) is 17.5 Å². The van der Waals surface area contributed by atoms with E-state index in [4.69, 9.17) is 17.3 Å². The van der Waals surface area contributed by atoms with Crippen molar-refractivity contribution in [2.45, 2.75) is 6.42 Å². The van der Waals surface area contributed by atoms with Gasteiger partial charge in [0.15, 0.2) is 5.15 Å². The van der Waals surface area contributed by atoms with Gasteiger partial charge in [0.25, 0.3) is 0 Å². The van der Waals surface area contributed by atoms with E-state index in [1.807, 2.05) is 29.1 Å². The third kappa shape index (κ3) is 1.93. The summed E-state index contributed by atoms with van der Waals surface area (Å²) in [5, 5.41) is 2.59. The van der Waals surface area contributed by atoms with Gasteiger partial charge < -0.3 is 10.3 Å². The van der Waals surface area contributed by atoms with Gasteiger partial charge in [0, 0.05) is 13.5 Å². The molecule has 0 atom stereocenters. The molecule has 2 aromatic rings. The Morgan fingerprint density at radius 1 is 1.60 bits per heavy atom. The highest BCUT2D eigenvalue weighted by Gasteiger charge is 2.14. The van der Waals surface area contributed by atoms with E-state index in [-0.39, 0.29) is 0 Å². The Kier molecular flexibility index (Phi) is 3.09. The Bertz CT molecular complexity index is 447. The summed E-state index contributed by atoms with van der Waals surface area (Å²) in [7, 11) is 1.97. The molecule has 2 aromatic heterocycles. The third-order valence-electron chi connectivity index (χ3n) is 2.27. The van der Waals surface area contributed by atoms with Gasteiger partial charge in [0.2, 0.25) is 0 Å². The molecule has 0 unspecified atom stereocenters. The van der Waals surface area contributed by atoms with Crippen molar-refractivity contribution < 1.29 is 0 Å². The Balaban J connectivity index is 2.48. The van der Waals surface area contributed by atoms with Gasteiger partial charge in [0.1, 0.15) is 5.82 Å². The van der Waals surface area contributed by atoms with Crippen molar-refractivity contribution in [1.82, 2.24) is 9.55 Å². The second-order valence-electron chi connectivity index (χ2n) is 3.24. The highest BCUT2D eigenvalue weighted by molar-refractivity contribution is 7.13. The molecule has 3 nitrogen and oxygen atoms in total. The van der Waals surface area contributed by atoms with Crippen LogP contribution in [-0.4, -0.2) is 16.1 Å². The molecule has 2 N–H and O–H groups in total. The van der Waals surface area contributed by atoms with E-state index in [1.54, 1.807) is 11.3 Å². The number of nitrogens with zero attached hydrogens (tertiary/aromatic N) is 2. The molecule has 2 heterocycles. The molecule has 5 heteroatoms. The zero-order valence-electron chi connectivity index (χ0n) is 8.40.